The SMILES string of the molecule is CC(O)CNC(=O)c1ccc(C(C)(C)C)cc1. The van der Waals surface area contributed by atoms with Gasteiger partial charge in [0.1, 0.15) is 0 Å². The molecular weight excluding hydrogens is 214 g/mol. The predicted octanol–water partition coefficient (Wildman–Crippen LogP) is 2.09. The minimum Gasteiger partial charge on any atom is -0.392 e. The Morgan fingerprint density at radius 2 is 1.82 bits per heavy atom. The Morgan fingerprint density at radius 3 is 2.24 bits per heavy atom. The summed E-state index contributed by atoms with van der Waals surface area (Å²) in [5, 5.41) is 11.8. The molecule has 0 saturated carbocycles. The quantitative estimate of drug-likeness (QED) is 0.843. The molecule has 17 heavy (non-hydrogen) atoms. The van der Waals surface area contributed by atoms with Crippen LogP contribution < -0.4 is 5.32 Å². The Kier molecular flexibility index (Phi) is 4.29. The Balaban J connectivity index is 2.71. The van der Waals surface area contributed by atoms with Gasteiger partial charge in [-0.05, 0) is 30.0 Å². The Bertz CT molecular complexity index is 374. The molecule has 0 bridgehead atoms. The van der Waals surface area contributed by atoms with Gasteiger partial charge in [-0.15, -0.1) is 0 Å². The smallest absolute Gasteiger partial charge is 0.251 e. The van der Waals surface area contributed by atoms with Crippen LogP contribution in [0.25, 0.3) is 0 Å². The minimum absolute atomic E-state index is 0.0919. The lowest BCUT2D eigenvalue weighted by atomic mass is 9.87. The number of carbonyl (C=O) groups excluding carboxylic acids is 1. The molecule has 1 amide bonds. The molecule has 1 unspecified atom stereocenters. The molecule has 0 aliphatic rings. The predicted molar refractivity (Wildman–Crippen MR) is 69.2 cm³/mol. The second-order valence-electron chi connectivity index (χ2n) is 5.39. The lowest BCUT2D eigenvalue weighted by Gasteiger charge is -2.19. The highest BCUT2D eigenvalue weighted by Gasteiger charge is 2.14. The van der Waals surface area contributed by atoms with Gasteiger partial charge >= 0.3 is 0 Å². The highest BCUT2D eigenvalue weighted by molar-refractivity contribution is 5.94. The summed E-state index contributed by atoms with van der Waals surface area (Å²) in [5.41, 5.74) is 1.91. The van der Waals surface area contributed by atoms with Crippen molar-refractivity contribution >= 4 is 5.91 Å². The molecule has 1 atom stereocenters. The molecule has 0 spiro atoms. The third kappa shape index (κ3) is 4.19. The van der Waals surface area contributed by atoms with Crippen LogP contribution in [0.3, 0.4) is 0 Å². The second kappa shape index (κ2) is 5.32. The first-order chi connectivity index (χ1) is 7.80. The first kappa shape index (κ1) is 13.7. The molecule has 0 fully saturated rings. The van der Waals surface area contributed by atoms with Gasteiger partial charge in [-0.3, -0.25) is 4.79 Å². The zero-order valence-electron chi connectivity index (χ0n) is 10.9. The van der Waals surface area contributed by atoms with E-state index < -0.39 is 6.10 Å². The largest absolute Gasteiger partial charge is 0.392 e. The number of nitrogens with one attached hydrogen (secondary N) is 1. The second-order valence-corrected chi connectivity index (χ2v) is 5.39. The number of hydrogen-bond acceptors (Lipinski definition) is 2. The van der Waals surface area contributed by atoms with Crippen LogP contribution in [0.2, 0.25) is 0 Å². The monoisotopic (exact) mass is 235 g/mol. The lowest BCUT2D eigenvalue weighted by Crippen LogP contribution is -2.30. The van der Waals surface area contributed by atoms with Gasteiger partial charge in [0.25, 0.3) is 5.91 Å². The van der Waals surface area contributed by atoms with Gasteiger partial charge in [-0.25, -0.2) is 0 Å². The van der Waals surface area contributed by atoms with Gasteiger partial charge < -0.3 is 10.4 Å². The first-order valence-corrected chi connectivity index (χ1v) is 5.87. The van der Waals surface area contributed by atoms with Crippen LogP contribution in [0.15, 0.2) is 24.3 Å². The van der Waals surface area contributed by atoms with Crippen molar-refractivity contribution in [3.8, 4) is 0 Å². The number of carbonyl (C=O) groups is 1. The number of hydrogen-bond donors (Lipinski definition) is 2. The van der Waals surface area contributed by atoms with E-state index in [4.69, 9.17) is 5.11 Å². The Labute approximate surface area is 103 Å². The molecule has 0 radical (unpaired) electrons. The van der Waals surface area contributed by atoms with Gasteiger partial charge in [0.15, 0.2) is 0 Å². The molecule has 0 saturated heterocycles. The van der Waals surface area contributed by atoms with Gasteiger partial charge in [-0.1, -0.05) is 32.9 Å². The molecular formula is C14H21NO2. The van der Waals surface area contributed by atoms with Crippen molar-refractivity contribution in [2.45, 2.75) is 39.2 Å². The third-order valence-electron chi connectivity index (χ3n) is 2.57. The fraction of sp³-hybridized carbons (Fsp3) is 0.500. The van der Waals surface area contributed by atoms with Crippen molar-refractivity contribution in [2.75, 3.05) is 6.54 Å². The van der Waals surface area contributed by atoms with Crippen molar-refractivity contribution in [3.63, 3.8) is 0 Å². The van der Waals surface area contributed by atoms with Gasteiger partial charge in [0.2, 0.25) is 0 Å². The summed E-state index contributed by atoms with van der Waals surface area (Å²) in [7, 11) is 0. The van der Waals surface area contributed by atoms with Crippen LogP contribution in [-0.2, 0) is 5.41 Å². The van der Waals surface area contributed by atoms with E-state index in [0.717, 1.165) is 0 Å². The van der Waals surface area contributed by atoms with E-state index in [2.05, 4.69) is 26.1 Å². The summed E-state index contributed by atoms with van der Waals surface area (Å²) in [6, 6.07) is 7.57. The average Bonchev–Trinajstić information content (AvgIpc) is 2.25. The normalized spacial score (nSPS) is 13.2. The molecule has 3 heteroatoms. The Morgan fingerprint density at radius 1 is 1.29 bits per heavy atom. The fourth-order valence-corrected chi connectivity index (χ4v) is 1.46. The number of aliphatic hydroxyl groups excluding tert-OH is 1. The van der Waals surface area contributed by atoms with Crippen molar-refractivity contribution in [3.05, 3.63) is 35.4 Å². The van der Waals surface area contributed by atoms with E-state index in [1.165, 1.54) is 5.56 Å². The van der Waals surface area contributed by atoms with Gasteiger partial charge in [0, 0.05) is 12.1 Å². The molecule has 0 aliphatic carbocycles. The van der Waals surface area contributed by atoms with E-state index in [-0.39, 0.29) is 17.9 Å². The third-order valence-corrected chi connectivity index (χ3v) is 2.57. The van der Waals surface area contributed by atoms with Crippen LogP contribution >= 0.6 is 0 Å². The Hall–Kier alpha value is -1.35. The average molecular weight is 235 g/mol. The molecule has 1 rings (SSSR count). The maximum Gasteiger partial charge on any atom is 0.251 e. The molecule has 2 N–H and O–H groups in total. The van der Waals surface area contributed by atoms with Crippen LogP contribution in [0, 0.1) is 0 Å². The number of aliphatic hydroxyl groups is 1. The maximum absolute atomic E-state index is 11.7. The molecule has 0 aromatic heterocycles. The fourth-order valence-electron chi connectivity index (χ4n) is 1.46. The minimum atomic E-state index is -0.521. The van der Waals surface area contributed by atoms with Crippen molar-refractivity contribution in [2.24, 2.45) is 0 Å². The molecule has 1 aromatic carbocycles. The van der Waals surface area contributed by atoms with E-state index in [1.807, 2.05) is 24.3 Å². The highest BCUT2D eigenvalue weighted by atomic mass is 16.3. The zero-order chi connectivity index (χ0) is 13.1. The summed E-state index contributed by atoms with van der Waals surface area (Å²) in [6.07, 6.45) is -0.521. The van der Waals surface area contributed by atoms with Crippen LogP contribution in [0.1, 0.15) is 43.6 Å². The zero-order valence-corrected chi connectivity index (χ0v) is 10.9. The van der Waals surface area contributed by atoms with Gasteiger partial charge in [-0.2, -0.15) is 0 Å². The van der Waals surface area contributed by atoms with Crippen LogP contribution in [-0.4, -0.2) is 23.7 Å². The number of rotatable bonds is 3. The lowest BCUT2D eigenvalue weighted by molar-refractivity contribution is 0.0924. The van der Waals surface area contributed by atoms with E-state index in [9.17, 15) is 4.79 Å². The van der Waals surface area contributed by atoms with Gasteiger partial charge in [0.05, 0.1) is 6.10 Å². The van der Waals surface area contributed by atoms with Crippen molar-refractivity contribution < 1.29 is 9.90 Å². The first-order valence-electron chi connectivity index (χ1n) is 5.87. The summed E-state index contributed by atoms with van der Waals surface area (Å²) in [5.74, 6) is -0.147. The number of benzene rings is 1. The molecule has 0 heterocycles. The molecule has 0 aliphatic heterocycles. The van der Waals surface area contributed by atoms with Crippen molar-refractivity contribution in [1.82, 2.24) is 5.32 Å². The summed E-state index contributed by atoms with van der Waals surface area (Å²) in [4.78, 5) is 11.7. The standard InChI is InChI=1S/C14H21NO2/c1-10(16)9-15-13(17)11-5-7-12(8-6-11)14(2,3)4/h5-8,10,16H,9H2,1-4H3,(H,15,17). The molecule has 1 aromatic rings. The van der Waals surface area contributed by atoms with E-state index in [1.54, 1.807) is 6.92 Å². The van der Waals surface area contributed by atoms with E-state index >= 15 is 0 Å². The topological polar surface area (TPSA) is 49.3 Å². The summed E-state index contributed by atoms with van der Waals surface area (Å²) >= 11 is 0. The number of amides is 1. The molecule has 3 nitrogen and oxygen atoms in total. The summed E-state index contributed by atoms with van der Waals surface area (Å²) in [6.45, 7) is 8.32. The summed E-state index contributed by atoms with van der Waals surface area (Å²) < 4.78 is 0. The van der Waals surface area contributed by atoms with E-state index in [0.29, 0.717) is 5.56 Å². The molecule has 94 valence electrons. The van der Waals surface area contributed by atoms with Crippen molar-refractivity contribution in [1.29, 1.82) is 0 Å². The van der Waals surface area contributed by atoms with Crippen LogP contribution in [0.4, 0.5) is 0 Å². The highest BCUT2D eigenvalue weighted by Crippen LogP contribution is 2.22. The van der Waals surface area contributed by atoms with Crippen LogP contribution in [0.5, 0.6) is 0 Å². The maximum atomic E-state index is 11.7.